The van der Waals surface area contributed by atoms with Crippen LogP contribution in [0.4, 0.5) is 15.0 Å². The van der Waals surface area contributed by atoms with E-state index in [4.69, 9.17) is 10.00 Å². The number of ketones is 1. The minimum Gasteiger partial charge on any atom is -0.492 e. The number of nitrogens with zero attached hydrogens (tertiary/aromatic N) is 2. The molecule has 3 atom stereocenters. The molecule has 1 fully saturated rings. The Balaban J connectivity index is 1.49. The zero-order valence-corrected chi connectivity index (χ0v) is 15.0. The Morgan fingerprint density at radius 3 is 2.86 bits per heavy atom. The van der Waals surface area contributed by atoms with Crippen molar-refractivity contribution in [2.24, 2.45) is 5.92 Å². The van der Waals surface area contributed by atoms with Crippen LogP contribution in [0.25, 0.3) is 0 Å². The average Bonchev–Trinajstić information content (AvgIpc) is 3.40. The van der Waals surface area contributed by atoms with Crippen molar-refractivity contribution in [1.29, 1.82) is 5.26 Å². The fourth-order valence-electron chi connectivity index (χ4n) is 3.64. The number of hydrogen-bond donors (Lipinski definition) is 2. The SMILES string of the molecule is CCC(=O)c1ccc(F)c2c1OCC1[C@@H]2[C@H]1NC(=O)Nc1ccc(C#N)cn1. The smallest absolute Gasteiger partial charge is 0.320 e. The molecule has 1 aromatic heterocycles. The third-order valence-corrected chi connectivity index (χ3v) is 5.12. The second-order valence-electron chi connectivity index (χ2n) is 6.78. The molecule has 1 unspecified atom stereocenters. The maximum Gasteiger partial charge on any atom is 0.320 e. The molecular formula is C20H17FN4O3. The lowest BCUT2D eigenvalue weighted by atomic mass is 9.98. The number of benzene rings is 1. The fourth-order valence-corrected chi connectivity index (χ4v) is 3.64. The number of nitrogens with one attached hydrogen (secondary N) is 2. The molecule has 1 aliphatic carbocycles. The molecule has 4 rings (SSSR count). The van der Waals surface area contributed by atoms with Crippen LogP contribution in [-0.2, 0) is 0 Å². The Bertz CT molecular complexity index is 1000. The van der Waals surface area contributed by atoms with Crippen LogP contribution in [0.3, 0.4) is 0 Å². The normalized spacial score (nSPS) is 21.4. The molecule has 8 heteroatoms. The molecule has 2 aliphatic rings. The predicted molar refractivity (Wildman–Crippen MR) is 97.6 cm³/mol. The first-order chi connectivity index (χ1) is 13.5. The van der Waals surface area contributed by atoms with Crippen LogP contribution in [0.5, 0.6) is 5.75 Å². The summed E-state index contributed by atoms with van der Waals surface area (Å²) in [7, 11) is 0. The van der Waals surface area contributed by atoms with E-state index in [1.54, 1.807) is 13.0 Å². The highest BCUT2D eigenvalue weighted by Crippen LogP contribution is 2.55. The number of nitriles is 1. The summed E-state index contributed by atoms with van der Waals surface area (Å²) in [4.78, 5) is 28.4. The van der Waals surface area contributed by atoms with Crippen LogP contribution < -0.4 is 15.4 Å². The standard InChI is InChI=1S/C20H17FN4O3/c1-2-14(26)11-4-5-13(21)17-16-12(9-28-19(11)17)18(16)25-20(27)24-15-6-3-10(7-22)8-23-15/h3-6,8,12,16,18H,2,9H2,1H3,(H2,23,24,25,27)/t12?,16-,18-/m0/s1. The summed E-state index contributed by atoms with van der Waals surface area (Å²) in [5.41, 5.74) is 1.13. The second kappa shape index (κ2) is 6.93. The summed E-state index contributed by atoms with van der Waals surface area (Å²) in [6.45, 7) is 2.05. The van der Waals surface area contributed by atoms with E-state index < -0.39 is 11.8 Å². The zero-order valence-electron chi connectivity index (χ0n) is 15.0. The number of carbonyl (C=O) groups is 2. The molecule has 0 spiro atoms. The molecule has 7 nitrogen and oxygen atoms in total. The van der Waals surface area contributed by atoms with Gasteiger partial charge in [-0.2, -0.15) is 5.26 Å². The summed E-state index contributed by atoms with van der Waals surface area (Å²) in [5, 5.41) is 14.2. The number of pyridine rings is 1. The van der Waals surface area contributed by atoms with Gasteiger partial charge < -0.3 is 10.1 Å². The highest BCUT2D eigenvalue weighted by molar-refractivity contribution is 5.99. The van der Waals surface area contributed by atoms with Gasteiger partial charge in [0.15, 0.2) is 5.78 Å². The Hall–Kier alpha value is -3.47. The molecule has 142 valence electrons. The third-order valence-electron chi connectivity index (χ3n) is 5.12. The largest absolute Gasteiger partial charge is 0.492 e. The van der Waals surface area contributed by atoms with E-state index in [1.807, 2.05) is 6.07 Å². The van der Waals surface area contributed by atoms with E-state index in [0.29, 0.717) is 41.3 Å². The topological polar surface area (TPSA) is 104 Å². The summed E-state index contributed by atoms with van der Waals surface area (Å²) in [5.74, 6) is -0.215. The van der Waals surface area contributed by atoms with Crippen LogP contribution in [0, 0.1) is 23.1 Å². The van der Waals surface area contributed by atoms with Gasteiger partial charge in [-0.3, -0.25) is 10.1 Å². The van der Waals surface area contributed by atoms with Gasteiger partial charge in [-0.15, -0.1) is 0 Å². The molecule has 1 aliphatic heterocycles. The number of halogens is 1. The molecule has 2 heterocycles. The molecule has 2 amide bonds. The molecular weight excluding hydrogens is 363 g/mol. The van der Waals surface area contributed by atoms with Crippen LogP contribution in [-0.4, -0.2) is 29.4 Å². The van der Waals surface area contributed by atoms with E-state index in [-0.39, 0.29) is 23.7 Å². The van der Waals surface area contributed by atoms with Gasteiger partial charge in [-0.1, -0.05) is 6.92 Å². The van der Waals surface area contributed by atoms with Gasteiger partial charge in [0.2, 0.25) is 0 Å². The number of aromatic nitrogens is 1. The van der Waals surface area contributed by atoms with Crippen molar-refractivity contribution >= 4 is 17.6 Å². The van der Waals surface area contributed by atoms with E-state index in [1.165, 1.54) is 24.4 Å². The van der Waals surface area contributed by atoms with Crippen molar-refractivity contribution in [3.05, 3.63) is 53.0 Å². The number of anilines is 1. The number of rotatable bonds is 4. The lowest BCUT2D eigenvalue weighted by Gasteiger charge is -2.19. The number of hydrogen-bond acceptors (Lipinski definition) is 5. The summed E-state index contributed by atoms with van der Waals surface area (Å²) < 4.78 is 20.2. The molecule has 0 bridgehead atoms. The lowest BCUT2D eigenvalue weighted by molar-refractivity contribution is 0.0983. The third kappa shape index (κ3) is 3.05. The quantitative estimate of drug-likeness (QED) is 0.794. The van der Waals surface area contributed by atoms with Crippen LogP contribution in [0.1, 0.15) is 40.7 Å². The first-order valence-electron chi connectivity index (χ1n) is 8.95. The van der Waals surface area contributed by atoms with Crippen molar-refractivity contribution in [3.8, 4) is 11.8 Å². The van der Waals surface area contributed by atoms with Crippen LogP contribution in [0.15, 0.2) is 30.5 Å². The second-order valence-corrected chi connectivity index (χ2v) is 6.78. The lowest BCUT2D eigenvalue weighted by Crippen LogP contribution is -2.32. The minimum atomic E-state index is -0.473. The number of Topliss-reactive ketones (excluding diaryl/α,β-unsaturated/α-hetero) is 1. The minimum absolute atomic E-state index is 0.0475. The zero-order chi connectivity index (χ0) is 19.8. The first-order valence-corrected chi connectivity index (χ1v) is 8.95. The van der Waals surface area contributed by atoms with Crippen molar-refractivity contribution in [3.63, 3.8) is 0 Å². The van der Waals surface area contributed by atoms with Gasteiger partial charge in [0, 0.05) is 36.1 Å². The molecule has 0 radical (unpaired) electrons. The predicted octanol–water partition coefficient (Wildman–Crippen LogP) is 2.98. The first kappa shape index (κ1) is 17.9. The molecule has 2 N–H and O–H groups in total. The van der Waals surface area contributed by atoms with E-state index >= 15 is 0 Å². The van der Waals surface area contributed by atoms with Gasteiger partial charge in [-0.05, 0) is 24.3 Å². The molecule has 1 saturated carbocycles. The fraction of sp³-hybridized carbons (Fsp3) is 0.300. The maximum absolute atomic E-state index is 14.5. The van der Waals surface area contributed by atoms with E-state index in [9.17, 15) is 14.0 Å². The highest BCUT2D eigenvalue weighted by Gasteiger charge is 2.57. The monoisotopic (exact) mass is 380 g/mol. The highest BCUT2D eigenvalue weighted by atomic mass is 19.1. The molecule has 28 heavy (non-hydrogen) atoms. The summed E-state index contributed by atoms with van der Waals surface area (Å²) >= 11 is 0. The summed E-state index contributed by atoms with van der Waals surface area (Å²) in [6.07, 6.45) is 1.66. The molecule has 0 saturated heterocycles. The van der Waals surface area contributed by atoms with Crippen molar-refractivity contribution in [1.82, 2.24) is 10.3 Å². The van der Waals surface area contributed by atoms with Crippen LogP contribution >= 0.6 is 0 Å². The Labute approximate surface area is 160 Å². The molecule has 2 aromatic rings. The number of urea groups is 1. The number of amides is 2. The van der Waals surface area contributed by atoms with Crippen molar-refractivity contribution < 1.29 is 18.7 Å². The average molecular weight is 380 g/mol. The van der Waals surface area contributed by atoms with Crippen molar-refractivity contribution in [2.75, 3.05) is 11.9 Å². The Morgan fingerprint density at radius 2 is 2.18 bits per heavy atom. The van der Waals surface area contributed by atoms with Crippen molar-refractivity contribution in [2.45, 2.75) is 25.3 Å². The maximum atomic E-state index is 14.5. The number of fused-ring (bicyclic) bond motifs is 3. The van der Waals surface area contributed by atoms with Gasteiger partial charge >= 0.3 is 6.03 Å². The number of ether oxygens (including phenoxy) is 1. The van der Waals surface area contributed by atoms with E-state index in [2.05, 4.69) is 15.6 Å². The molecule has 1 aromatic carbocycles. The van der Waals surface area contributed by atoms with Gasteiger partial charge in [-0.25, -0.2) is 14.2 Å². The van der Waals surface area contributed by atoms with Gasteiger partial charge in [0.1, 0.15) is 23.5 Å². The van der Waals surface area contributed by atoms with E-state index in [0.717, 1.165) is 0 Å². The summed E-state index contributed by atoms with van der Waals surface area (Å²) in [6, 6.07) is 6.99. The Kier molecular flexibility index (Phi) is 4.43. The number of carbonyl (C=O) groups excluding carboxylic acids is 2. The van der Waals surface area contributed by atoms with Gasteiger partial charge in [0.05, 0.1) is 17.7 Å². The Morgan fingerprint density at radius 1 is 1.36 bits per heavy atom. The van der Waals surface area contributed by atoms with Gasteiger partial charge in [0.25, 0.3) is 0 Å². The van der Waals surface area contributed by atoms with Crippen LogP contribution in [0.2, 0.25) is 0 Å².